The van der Waals surface area contributed by atoms with E-state index in [9.17, 15) is 19.5 Å². The first-order chi connectivity index (χ1) is 15.9. The summed E-state index contributed by atoms with van der Waals surface area (Å²) < 4.78 is 5.25. The number of fused-ring (bicyclic) bond motifs is 2. The fourth-order valence-corrected chi connectivity index (χ4v) is 5.72. The molecule has 0 aliphatic heterocycles. The third-order valence-corrected chi connectivity index (χ3v) is 7.17. The number of hydrogen-bond acceptors (Lipinski definition) is 5. The molecule has 2 N–H and O–H groups in total. The zero-order chi connectivity index (χ0) is 23.8. The summed E-state index contributed by atoms with van der Waals surface area (Å²) in [5.41, 5.74) is 1.11. The number of nitrogens with one attached hydrogen (secondary N) is 1. The van der Waals surface area contributed by atoms with Crippen LogP contribution in [0, 0.1) is 11.8 Å². The van der Waals surface area contributed by atoms with Crippen molar-refractivity contribution in [2.75, 3.05) is 13.2 Å². The van der Waals surface area contributed by atoms with Crippen LogP contribution in [0.15, 0.2) is 30.3 Å². The number of halogens is 1. The molecule has 190 valence electrons. The third kappa shape index (κ3) is 7.44. The van der Waals surface area contributed by atoms with Gasteiger partial charge in [-0.05, 0) is 69.8 Å². The van der Waals surface area contributed by atoms with Gasteiger partial charge in [0.25, 0.3) is 0 Å². The molecule has 34 heavy (non-hydrogen) atoms. The maximum atomic E-state index is 13.5. The minimum Gasteiger partial charge on any atom is -0.480 e. The Kier molecular flexibility index (Phi) is 11.3. The summed E-state index contributed by atoms with van der Waals surface area (Å²) in [7, 11) is 0. The number of rotatable bonds is 11. The maximum absolute atomic E-state index is 13.5. The average Bonchev–Trinajstić information content (AvgIpc) is 2.79. The first kappa shape index (κ1) is 28.1. The van der Waals surface area contributed by atoms with Crippen LogP contribution in [-0.4, -0.2) is 59.1 Å². The largest absolute Gasteiger partial charge is 0.480 e. The number of aliphatic carboxylic acids is 1. The minimum absolute atomic E-state index is 0. The number of nitrogens with zero attached hydrogens (tertiary/aromatic N) is 1. The van der Waals surface area contributed by atoms with E-state index in [1.54, 1.807) is 18.7 Å². The van der Waals surface area contributed by atoms with Crippen molar-refractivity contribution >= 4 is 30.3 Å². The lowest BCUT2D eigenvalue weighted by Crippen LogP contribution is -2.59. The van der Waals surface area contributed by atoms with E-state index in [1.807, 2.05) is 30.3 Å². The fraction of sp³-hybridized carbons (Fsp3) is 0.654. The predicted octanol–water partition coefficient (Wildman–Crippen LogP) is 3.83. The molecule has 0 aromatic heterocycles. The number of carboxylic acid groups (broad SMARTS) is 1. The number of esters is 1. The van der Waals surface area contributed by atoms with E-state index < -0.39 is 18.1 Å². The van der Waals surface area contributed by atoms with E-state index in [4.69, 9.17) is 4.74 Å². The van der Waals surface area contributed by atoms with Gasteiger partial charge in [0.1, 0.15) is 12.6 Å². The van der Waals surface area contributed by atoms with Gasteiger partial charge in [0.2, 0.25) is 5.91 Å². The third-order valence-electron chi connectivity index (χ3n) is 7.17. The van der Waals surface area contributed by atoms with Gasteiger partial charge < -0.3 is 14.7 Å². The molecular weight excluding hydrogens is 456 g/mol. The van der Waals surface area contributed by atoms with E-state index in [0.29, 0.717) is 24.7 Å². The second-order valence-corrected chi connectivity index (χ2v) is 9.45. The van der Waals surface area contributed by atoms with Crippen molar-refractivity contribution in [2.45, 2.75) is 83.3 Å². The summed E-state index contributed by atoms with van der Waals surface area (Å²) in [4.78, 5) is 39.5. The van der Waals surface area contributed by atoms with Crippen molar-refractivity contribution in [3.05, 3.63) is 35.9 Å². The van der Waals surface area contributed by atoms with Crippen molar-refractivity contribution < 1.29 is 24.2 Å². The van der Waals surface area contributed by atoms with Gasteiger partial charge in [-0.2, -0.15) is 0 Å². The van der Waals surface area contributed by atoms with Crippen LogP contribution in [0.1, 0.15) is 64.4 Å². The van der Waals surface area contributed by atoms with Crippen molar-refractivity contribution in [1.82, 2.24) is 10.2 Å². The van der Waals surface area contributed by atoms with Crippen LogP contribution in [0.25, 0.3) is 0 Å². The van der Waals surface area contributed by atoms with E-state index in [2.05, 4.69) is 5.32 Å². The van der Waals surface area contributed by atoms with Gasteiger partial charge in [0.15, 0.2) is 0 Å². The van der Waals surface area contributed by atoms with E-state index in [-0.39, 0.29) is 43.5 Å². The molecule has 2 atom stereocenters. The highest BCUT2D eigenvalue weighted by molar-refractivity contribution is 5.86. The van der Waals surface area contributed by atoms with E-state index in [1.165, 1.54) is 0 Å². The first-order valence-corrected chi connectivity index (χ1v) is 12.4. The minimum atomic E-state index is -0.995. The Balaban J connectivity index is 0.00000408. The summed E-state index contributed by atoms with van der Waals surface area (Å²) in [6.07, 6.45) is 7.67. The molecule has 2 saturated carbocycles. The summed E-state index contributed by atoms with van der Waals surface area (Å²) in [5.74, 6) is -0.883. The lowest BCUT2D eigenvalue weighted by molar-refractivity contribution is -0.152. The smallest absolute Gasteiger partial charge is 0.323 e. The Labute approximate surface area is 209 Å². The fourth-order valence-electron chi connectivity index (χ4n) is 5.72. The molecule has 0 radical (unpaired) electrons. The molecule has 0 heterocycles. The van der Waals surface area contributed by atoms with Crippen LogP contribution in [0.5, 0.6) is 0 Å². The molecule has 1 amide bonds. The van der Waals surface area contributed by atoms with Crippen LogP contribution >= 0.6 is 12.4 Å². The van der Waals surface area contributed by atoms with E-state index in [0.717, 1.165) is 44.1 Å². The Bertz CT molecular complexity index is 784. The van der Waals surface area contributed by atoms with Gasteiger partial charge in [0, 0.05) is 6.04 Å². The summed E-state index contributed by atoms with van der Waals surface area (Å²) in [6.45, 7) is 3.46. The molecule has 8 heteroatoms. The van der Waals surface area contributed by atoms with Crippen LogP contribution in [0.3, 0.4) is 0 Å². The normalized spacial score (nSPS) is 23.2. The van der Waals surface area contributed by atoms with Crippen molar-refractivity contribution in [3.8, 4) is 0 Å². The SMILES string of the molecule is CCOC(=O)[C@@H](CCc1ccccc1)N[C@@H](C)C(=O)N(CC(=O)O)C1C2CCCC1CCC2.Cl. The molecular formula is C26H39ClN2O5. The quantitative estimate of drug-likeness (QED) is 0.454. The predicted molar refractivity (Wildman–Crippen MR) is 133 cm³/mol. The number of carboxylic acids is 1. The Hall–Kier alpha value is -2.12. The molecule has 0 unspecified atom stereocenters. The van der Waals surface area contributed by atoms with Gasteiger partial charge in [-0.1, -0.05) is 43.2 Å². The van der Waals surface area contributed by atoms with Gasteiger partial charge in [-0.3, -0.25) is 19.7 Å². The number of aryl methyl sites for hydroxylation is 1. The highest BCUT2D eigenvalue weighted by Crippen LogP contribution is 2.42. The Morgan fingerprint density at radius 3 is 2.21 bits per heavy atom. The van der Waals surface area contributed by atoms with Gasteiger partial charge in [-0.25, -0.2) is 0 Å². The lowest BCUT2D eigenvalue weighted by atomic mass is 9.67. The van der Waals surface area contributed by atoms with Crippen molar-refractivity contribution in [2.24, 2.45) is 11.8 Å². The average molecular weight is 495 g/mol. The number of benzene rings is 1. The first-order valence-electron chi connectivity index (χ1n) is 12.4. The summed E-state index contributed by atoms with van der Waals surface area (Å²) >= 11 is 0. The van der Waals surface area contributed by atoms with Crippen molar-refractivity contribution in [3.63, 3.8) is 0 Å². The molecule has 2 aliphatic rings. The van der Waals surface area contributed by atoms with Crippen LogP contribution in [0.4, 0.5) is 0 Å². The lowest BCUT2D eigenvalue weighted by Gasteiger charge is -2.48. The highest BCUT2D eigenvalue weighted by Gasteiger charge is 2.43. The molecule has 2 bridgehead atoms. The standard InChI is InChI=1S/C26H38N2O5.ClH/c1-3-33-26(32)22(16-15-19-9-5-4-6-10-19)27-18(2)25(31)28(17-23(29)30)24-20-11-7-12-21(24)14-8-13-20;/h4-6,9-10,18,20-22,24,27H,3,7-8,11-17H2,1-2H3,(H,29,30);1H/t18-,20?,21?,22+,24?;/m0./s1. The summed E-state index contributed by atoms with van der Waals surface area (Å²) in [6, 6.07) is 8.53. The zero-order valence-electron chi connectivity index (χ0n) is 20.3. The number of carbonyl (C=O) groups excluding carboxylic acids is 2. The maximum Gasteiger partial charge on any atom is 0.323 e. The van der Waals surface area contributed by atoms with Gasteiger partial charge >= 0.3 is 11.9 Å². The molecule has 7 nitrogen and oxygen atoms in total. The number of amides is 1. The Morgan fingerprint density at radius 1 is 1.09 bits per heavy atom. The second-order valence-electron chi connectivity index (χ2n) is 9.45. The monoisotopic (exact) mass is 494 g/mol. The molecule has 2 aliphatic carbocycles. The molecule has 2 fully saturated rings. The molecule has 3 rings (SSSR count). The van der Waals surface area contributed by atoms with Gasteiger partial charge in [-0.15, -0.1) is 12.4 Å². The molecule has 0 saturated heterocycles. The zero-order valence-corrected chi connectivity index (χ0v) is 21.1. The van der Waals surface area contributed by atoms with Gasteiger partial charge in [0.05, 0.1) is 12.6 Å². The molecule has 0 spiro atoms. The summed E-state index contributed by atoms with van der Waals surface area (Å²) in [5, 5.41) is 12.7. The number of carbonyl (C=O) groups is 3. The Morgan fingerprint density at radius 2 is 1.68 bits per heavy atom. The number of ether oxygens (including phenoxy) is 1. The van der Waals surface area contributed by atoms with Crippen LogP contribution < -0.4 is 5.32 Å². The second kappa shape index (κ2) is 13.7. The van der Waals surface area contributed by atoms with Crippen molar-refractivity contribution in [1.29, 1.82) is 0 Å². The van der Waals surface area contributed by atoms with Crippen LogP contribution in [0.2, 0.25) is 0 Å². The van der Waals surface area contributed by atoms with E-state index >= 15 is 0 Å². The van der Waals surface area contributed by atoms with Crippen LogP contribution in [-0.2, 0) is 25.5 Å². The topological polar surface area (TPSA) is 95.9 Å². The molecule has 1 aromatic carbocycles. The number of hydrogen-bond donors (Lipinski definition) is 2. The molecule has 1 aromatic rings. The highest BCUT2D eigenvalue weighted by atomic mass is 35.5.